The van der Waals surface area contributed by atoms with Gasteiger partial charge in [0.25, 0.3) is 0 Å². The summed E-state index contributed by atoms with van der Waals surface area (Å²) in [5.74, 6) is 0. The Morgan fingerprint density at radius 3 is 0.913 bits per heavy atom. The van der Waals surface area contributed by atoms with Gasteiger partial charge in [-0.15, -0.1) is 0 Å². The summed E-state index contributed by atoms with van der Waals surface area (Å²) in [5.41, 5.74) is 10.6. The van der Waals surface area contributed by atoms with Crippen LogP contribution in [0.25, 0.3) is 88.9 Å². The summed E-state index contributed by atoms with van der Waals surface area (Å²) in [6, 6.07) is 51.5. The maximum absolute atomic E-state index is 5.12. The molecule has 0 unspecified atom stereocenters. The minimum absolute atomic E-state index is 0.778. The molecule has 0 saturated carbocycles. The van der Waals surface area contributed by atoms with E-state index in [1.807, 2.05) is 66.7 Å². The Labute approximate surface area is 264 Å². The van der Waals surface area contributed by atoms with Crippen LogP contribution in [0.5, 0.6) is 0 Å². The van der Waals surface area contributed by atoms with E-state index in [9.17, 15) is 0 Å². The molecule has 9 rings (SSSR count). The number of pyridine rings is 5. The molecule has 0 aliphatic rings. The van der Waals surface area contributed by atoms with Crippen molar-refractivity contribution in [2.45, 2.75) is 0 Å². The molecule has 5 heterocycles. The summed E-state index contributed by atoms with van der Waals surface area (Å²) in [5, 5.41) is 4.18. The van der Waals surface area contributed by atoms with E-state index in [-0.39, 0.29) is 0 Å². The minimum Gasteiger partial charge on any atom is -0.245 e. The van der Waals surface area contributed by atoms with Crippen molar-refractivity contribution in [3.8, 4) is 45.3 Å². The Kier molecular flexibility index (Phi) is 6.06. The highest BCUT2D eigenvalue weighted by molar-refractivity contribution is 6.05. The molecule has 5 nitrogen and oxygen atoms in total. The number of aromatic nitrogens is 5. The second kappa shape index (κ2) is 10.7. The smallest absolute Gasteiger partial charge is 0.0973 e. The largest absolute Gasteiger partial charge is 0.245 e. The summed E-state index contributed by atoms with van der Waals surface area (Å²) in [6.07, 6.45) is 0. The van der Waals surface area contributed by atoms with Crippen molar-refractivity contribution >= 4 is 43.6 Å². The van der Waals surface area contributed by atoms with Gasteiger partial charge in [-0.05, 0) is 36.4 Å². The van der Waals surface area contributed by atoms with E-state index in [1.54, 1.807) is 0 Å². The third-order valence-electron chi connectivity index (χ3n) is 8.45. The highest BCUT2D eigenvalue weighted by Gasteiger charge is 2.13. The second-order valence-electron chi connectivity index (χ2n) is 11.3. The normalized spacial score (nSPS) is 11.5. The predicted octanol–water partition coefficient (Wildman–Crippen LogP) is 9.94. The predicted molar refractivity (Wildman–Crippen MR) is 187 cm³/mol. The first kappa shape index (κ1) is 26.1. The lowest BCUT2D eigenvalue weighted by Crippen LogP contribution is -1.95. The average molecular weight is 588 g/mol. The molecule has 0 atom stereocenters. The monoisotopic (exact) mass is 587 g/mol. The van der Waals surface area contributed by atoms with Gasteiger partial charge in [-0.3, -0.25) is 0 Å². The van der Waals surface area contributed by atoms with Crippen molar-refractivity contribution in [1.29, 1.82) is 0 Å². The van der Waals surface area contributed by atoms with Gasteiger partial charge in [0, 0.05) is 32.7 Å². The molecule has 214 valence electrons. The molecule has 0 aliphatic heterocycles. The van der Waals surface area contributed by atoms with Crippen LogP contribution in [0.2, 0.25) is 0 Å². The molecule has 0 amide bonds. The van der Waals surface area contributed by atoms with Gasteiger partial charge in [0.2, 0.25) is 0 Å². The first-order chi connectivity index (χ1) is 22.8. The van der Waals surface area contributed by atoms with E-state index in [1.165, 1.54) is 0 Å². The van der Waals surface area contributed by atoms with Crippen molar-refractivity contribution in [2.75, 3.05) is 0 Å². The third kappa shape index (κ3) is 4.54. The SMILES string of the molecule is c1ccc(-c2ccc3ccc4ccc(-c5cccc(-c6ccc7ccc8ccc(-c9ccccc9)nc8c7n6)n5)nc4c3n2)cc1. The summed E-state index contributed by atoms with van der Waals surface area (Å²) in [6.45, 7) is 0. The topological polar surface area (TPSA) is 64.5 Å². The van der Waals surface area contributed by atoms with Crippen LogP contribution in [0.3, 0.4) is 0 Å². The second-order valence-corrected chi connectivity index (χ2v) is 11.3. The molecular weight excluding hydrogens is 562 g/mol. The van der Waals surface area contributed by atoms with Gasteiger partial charge in [0.05, 0.1) is 56.2 Å². The molecule has 0 saturated heterocycles. The van der Waals surface area contributed by atoms with Gasteiger partial charge in [-0.25, -0.2) is 24.9 Å². The van der Waals surface area contributed by atoms with E-state index in [0.717, 1.165) is 88.9 Å². The first-order valence-electron chi connectivity index (χ1n) is 15.3. The molecule has 0 aliphatic carbocycles. The molecule has 0 radical (unpaired) electrons. The molecule has 5 heteroatoms. The van der Waals surface area contributed by atoms with Crippen molar-refractivity contribution in [2.24, 2.45) is 0 Å². The number of fused-ring (bicyclic) bond motifs is 6. The average Bonchev–Trinajstić information content (AvgIpc) is 3.14. The fourth-order valence-electron chi connectivity index (χ4n) is 6.08. The van der Waals surface area contributed by atoms with Crippen molar-refractivity contribution in [1.82, 2.24) is 24.9 Å². The van der Waals surface area contributed by atoms with Gasteiger partial charge in [-0.2, -0.15) is 0 Å². The van der Waals surface area contributed by atoms with Gasteiger partial charge in [0.1, 0.15) is 0 Å². The van der Waals surface area contributed by atoms with Crippen molar-refractivity contribution < 1.29 is 0 Å². The van der Waals surface area contributed by atoms with E-state index in [2.05, 4.69) is 84.9 Å². The van der Waals surface area contributed by atoms with E-state index >= 15 is 0 Å². The zero-order chi connectivity index (χ0) is 30.5. The molecule has 0 spiro atoms. The van der Waals surface area contributed by atoms with Crippen LogP contribution in [0.1, 0.15) is 0 Å². The lowest BCUT2D eigenvalue weighted by Gasteiger charge is -2.10. The number of hydrogen-bond donors (Lipinski definition) is 0. The molecule has 0 N–H and O–H groups in total. The fraction of sp³-hybridized carbons (Fsp3) is 0. The van der Waals surface area contributed by atoms with Crippen LogP contribution >= 0.6 is 0 Å². The van der Waals surface area contributed by atoms with Crippen LogP contribution in [0, 0.1) is 0 Å². The number of benzene rings is 4. The van der Waals surface area contributed by atoms with Crippen LogP contribution < -0.4 is 0 Å². The zero-order valence-corrected chi connectivity index (χ0v) is 24.7. The lowest BCUT2D eigenvalue weighted by atomic mass is 10.1. The molecule has 9 aromatic rings. The van der Waals surface area contributed by atoms with Crippen molar-refractivity contribution in [3.05, 3.63) is 152 Å². The minimum atomic E-state index is 0.778. The summed E-state index contributed by atoms with van der Waals surface area (Å²) in [7, 11) is 0. The standard InChI is InChI=1S/C41H25N5/c1-3-8-26(9-4-1)32-22-18-28-14-16-30-20-24-36(45-40(30)38(28)43-32)34-12-7-13-35(42-34)37-25-21-31-17-15-29-19-23-33(27-10-5-2-6-11-27)44-39(29)41(31)46-37/h1-25H. The first-order valence-corrected chi connectivity index (χ1v) is 15.3. The summed E-state index contributed by atoms with van der Waals surface area (Å²) in [4.78, 5) is 25.4. The van der Waals surface area contributed by atoms with Gasteiger partial charge >= 0.3 is 0 Å². The number of rotatable bonds is 4. The summed E-state index contributed by atoms with van der Waals surface area (Å²) >= 11 is 0. The molecule has 5 aromatic heterocycles. The quantitative estimate of drug-likeness (QED) is 0.192. The maximum Gasteiger partial charge on any atom is 0.0973 e. The lowest BCUT2D eigenvalue weighted by molar-refractivity contribution is 1.25. The molecule has 46 heavy (non-hydrogen) atoms. The highest BCUT2D eigenvalue weighted by atomic mass is 14.8. The number of hydrogen-bond acceptors (Lipinski definition) is 5. The Morgan fingerprint density at radius 1 is 0.217 bits per heavy atom. The fourth-order valence-corrected chi connectivity index (χ4v) is 6.08. The van der Waals surface area contributed by atoms with Gasteiger partial charge in [-0.1, -0.05) is 115 Å². The summed E-state index contributed by atoms with van der Waals surface area (Å²) < 4.78 is 0. The van der Waals surface area contributed by atoms with Crippen LogP contribution in [-0.2, 0) is 0 Å². The third-order valence-corrected chi connectivity index (χ3v) is 8.45. The van der Waals surface area contributed by atoms with Gasteiger partial charge < -0.3 is 0 Å². The maximum atomic E-state index is 5.12. The Bertz CT molecular complexity index is 2400. The van der Waals surface area contributed by atoms with E-state index < -0.39 is 0 Å². The Balaban J connectivity index is 1.15. The van der Waals surface area contributed by atoms with Crippen LogP contribution in [-0.4, -0.2) is 24.9 Å². The van der Waals surface area contributed by atoms with Crippen LogP contribution in [0.15, 0.2) is 152 Å². The molecule has 0 fully saturated rings. The molecule has 4 aromatic carbocycles. The zero-order valence-electron chi connectivity index (χ0n) is 24.7. The van der Waals surface area contributed by atoms with Crippen molar-refractivity contribution in [3.63, 3.8) is 0 Å². The van der Waals surface area contributed by atoms with E-state index in [4.69, 9.17) is 24.9 Å². The van der Waals surface area contributed by atoms with E-state index in [0.29, 0.717) is 0 Å². The highest BCUT2D eigenvalue weighted by Crippen LogP contribution is 2.31. The molecular formula is C41H25N5. The van der Waals surface area contributed by atoms with Crippen LogP contribution in [0.4, 0.5) is 0 Å². The van der Waals surface area contributed by atoms with Gasteiger partial charge in [0.15, 0.2) is 0 Å². The Hall–Kier alpha value is -6.33. The Morgan fingerprint density at radius 2 is 0.522 bits per heavy atom. The number of nitrogens with zero attached hydrogens (tertiary/aromatic N) is 5. The molecule has 0 bridgehead atoms.